The normalized spacial score (nSPS) is 10.1. The van der Waals surface area contributed by atoms with Crippen molar-refractivity contribution in [1.29, 1.82) is 0 Å². The fraction of sp³-hybridized carbons (Fsp3) is 0.0909. The van der Waals surface area contributed by atoms with Crippen LogP contribution in [-0.2, 0) is 11.2 Å². The van der Waals surface area contributed by atoms with Crippen LogP contribution in [0.4, 0.5) is 0 Å². The number of rotatable bonds is 4. The first kappa shape index (κ1) is 11.0. The summed E-state index contributed by atoms with van der Waals surface area (Å²) in [4.78, 5) is 21.2. The minimum atomic E-state index is -0.882. The average molecular weight is 231 g/mol. The average Bonchev–Trinajstić information content (AvgIpc) is 2.77. The van der Waals surface area contributed by atoms with E-state index < -0.39 is 5.97 Å². The number of carboxylic acid groups (broad SMARTS) is 1. The van der Waals surface area contributed by atoms with Crippen LogP contribution in [0.5, 0.6) is 0 Å². The number of aromatic nitrogens is 3. The Morgan fingerprint density at radius 2 is 2.06 bits per heavy atom. The van der Waals surface area contributed by atoms with Gasteiger partial charge < -0.3 is 5.11 Å². The van der Waals surface area contributed by atoms with E-state index in [0.717, 1.165) is 0 Å². The Bertz CT molecular complexity index is 545. The quantitative estimate of drug-likeness (QED) is 0.783. The van der Waals surface area contributed by atoms with Crippen molar-refractivity contribution in [3.05, 3.63) is 41.7 Å². The second kappa shape index (κ2) is 4.56. The zero-order valence-corrected chi connectivity index (χ0v) is 8.78. The van der Waals surface area contributed by atoms with E-state index in [1.54, 1.807) is 24.3 Å². The third kappa shape index (κ3) is 2.36. The zero-order valence-electron chi connectivity index (χ0n) is 8.78. The van der Waals surface area contributed by atoms with Crippen molar-refractivity contribution >= 4 is 12.3 Å². The molecule has 1 N–H and O–H groups in total. The largest absolute Gasteiger partial charge is 0.481 e. The van der Waals surface area contributed by atoms with Crippen LogP contribution in [0.1, 0.15) is 16.1 Å². The van der Waals surface area contributed by atoms with Gasteiger partial charge in [-0.15, -0.1) is 5.10 Å². The molecule has 17 heavy (non-hydrogen) atoms. The van der Waals surface area contributed by atoms with E-state index in [1.807, 2.05) is 0 Å². The summed E-state index contributed by atoms with van der Waals surface area (Å²) in [5.41, 5.74) is 1.70. The molecule has 0 saturated heterocycles. The van der Waals surface area contributed by atoms with E-state index in [2.05, 4.69) is 10.3 Å². The van der Waals surface area contributed by atoms with Crippen molar-refractivity contribution in [3.63, 3.8) is 0 Å². The number of nitrogens with zero attached hydrogens (tertiary/aromatic N) is 3. The lowest BCUT2D eigenvalue weighted by Gasteiger charge is -2.03. The van der Waals surface area contributed by atoms with E-state index in [1.165, 1.54) is 10.9 Å². The molecule has 2 aromatic rings. The molecule has 0 spiro atoms. The summed E-state index contributed by atoms with van der Waals surface area (Å²) < 4.78 is 1.39. The van der Waals surface area contributed by atoms with Gasteiger partial charge in [-0.25, -0.2) is 4.68 Å². The molecule has 6 heteroatoms. The number of carbonyl (C=O) groups is 2. The van der Waals surface area contributed by atoms with E-state index in [9.17, 15) is 9.59 Å². The number of benzene rings is 1. The van der Waals surface area contributed by atoms with Gasteiger partial charge in [0.1, 0.15) is 5.69 Å². The van der Waals surface area contributed by atoms with Crippen LogP contribution in [0.15, 0.2) is 30.5 Å². The van der Waals surface area contributed by atoms with Crippen LogP contribution in [0.2, 0.25) is 0 Å². The van der Waals surface area contributed by atoms with Crippen molar-refractivity contribution in [2.45, 2.75) is 6.42 Å². The van der Waals surface area contributed by atoms with Crippen LogP contribution in [0, 0.1) is 0 Å². The first-order valence-corrected chi connectivity index (χ1v) is 4.87. The summed E-state index contributed by atoms with van der Waals surface area (Å²) >= 11 is 0. The highest BCUT2D eigenvalue weighted by molar-refractivity contribution is 5.72. The number of carboxylic acids is 1. The second-order valence-electron chi connectivity index (χ2n) is 3.43. The Morgan fingerprint density at radius 1 is 1.35 bits per heavy atom. The monoisotopic (exact) mass is 231 g/mol. The summed E-state index contributed by atoms with van der Waals surface area (Å²) in [5, 5.41) is 16.0. The highest BCUT2D eigenvalue weighted by Crippen LogP contribution is 2.10. The molecule has 2 rings (SSSR count). The van der Waals surface area contributed by atoms with Gasteiger partial charge in [0.15, 0.2) is 6.29 Å². The molecule has 0 saturated carbocycles. The Balaban J connectivity index is 2.29. The summed E-state index contributed by atoms with van der Waals surface area (Å²) in [5.74, 6) is -0.882. The second-order valence-corrected chi connectivity index (χ2v) is 3.43. The zero-order chi connectivity index (χ0) is 12.3. The molecule has 0 radical (unpaired) electrons. The third-order valence-corrected chi connectivity index (χ3v) is 2.23. The van der Waals surface area contributed by atoms with E-state index in [0.29, 0.717) is 23.2 Å². The Hall–Kier alpha value is -2.50. The summed E-state index contributed by atoms with van der Waals surface area (Å²) in [6.45, 7) is 0. The molecule has 1 aromatic heterocycles. The first-order chi connectivity index (χ1) is 8.20. The smallest absolute Gasteiger partial charge is 0.307 e. The highest BCUT2D eigenvalue weighted by Gasteiger charge is 2.05. The van der Waals surface area contributed by atoms with Crippen molar-refractivity contribution in [2.24, 2.45) is 0 Å². The predicted molar refractivity (Wildman–Crippen MR) is 58.1 cm³/mol. The van der Waals surface area contributed by atoms with E-state index >= 15 is 0 Å². The first-order valence-electron chi connectivity index (χ1n) is 4.87. The van der Waals surface area contributed by atoms with Gasteiger partial charge in [0.2, 0.25) is 0 Å². The summed E-state index contributed by atoms with van der Waals surface area (Å²) in [6, 6.07) is 6.75. The Kier molecular flexibility index (Phi) is 2.95. The van der Waals surface area contributed by atoms with Crippen molar-refractivity contribution in [3.8, 4) is 5.69 Å². The van der Waals surface area contributed by atoms with Gasteiger partial charge in [-0.05, 0) is 17.7 Å². The molecule has 1 heterocycles. The third-order valence-electron chi connectivity index (χ3n) is 2.23. The molecule has 0 fully saturated rings. The molecule has 1 aromatic carbocycles. The van der Waals surface area contributed by atoms with Crippen LogP contribution in [-0.4, -0.2) is 32.4 Å². The molecular weight excluding hydrogens is 222 g/mol. The SMILES string of the molecule is O=Cc1cnnn1-c1ccc(CC(=O)O)cc1. The van der Waals surface area contributed by atoms with Gasteiger partial charge in [0.05, 0.1) is 18.3 Å². The fourth-order valence-electron chi connectivity index (χ4n) is 1.45. The van der Waals surface area contributed by atoms with Gasteiger partial charge in [0, 0.05) is 0 Å². The van der Waals surface area contributed by atoms with Crippen LogP contribution in [0.3, 0.4) is 0 Å². The minimum absolute atomic E-state index is 0.0296. The van der Waals surface area contributed by atoms with Gasteiger partial charge in [0.25, 0.3) is 0 Å². The van der Waals surface area contributed by atoms with Crippen LogP contribution < -0.4 is 0 Å². The number of hydrogen-bond acceptors (Lipinski definition) is 4. The molecule has 0 unspecified atom stereocenters. The molecule has 0 aliphatic heterocycles. The fourth-order valence-corrected chi connectivity index (χ4v) is 1.45. The molecule has 0 atom stereocenters. The highest BCUT2D eigenvalue weighted by atomic mass is 16.4. The molecule has 0 amide bonds. The van der Waals surface area contributed by atoms with E-state index in [4.69, 9.17) is 5.11 Å². The van der Waals surface area contributed by atoms with Gasteiger partial charge in [-0.1, -0.05) is 17.3 Å². The van der Waals surface area contributed by atoms with Crippen molar-refractivity contribution in [2.75, 3.05) is 0 Å². The lowest BCUT2D eigenvalue weighted by atomic mass is 10.1. The van der Waals surface area contributed by atoms with Gasteiger partial charge in [-0.3, -0.25) is 9.59 Å². The molecule has 0 aliphatic carbocycles. The van der Waals surface area contributed by atoms with Crippen molar-refractivity contribution < 1.29 is 14.7 Å². The molecular formula is C11H9N3O3. The number of carbonyl (C=O) groups excluding carboxylic acids is 1. The number of hydrogen-bond donors (Lipinski definition) is 1. The number of aldehydes is 1. The maximum Gasteiger partial charge on any atom is 0.307 e. The Labute approximate surface area is 96.5 Å². The van der Waals surface area contributed by atoms with Crippen LogP contribution >= 0.6 is 0 Å². The van der Waals surface area contributed by atoms with Crippen molar-refractivity contribution in [1.82, 2.24) is 15.0 Å². The number of aliphatic carboxylic acids is 1. The maximum atomic E-state index is 10.7. The minimum Gasteiger partial charge on any atom is -0.481 e. The summed E-state index contributed by atoms with van der Waals surface area (Å²) in [6.07, 6.45) is 1.99. The molecule has 0 bridgehead atoms. The van der Waals surface area contributed by atoms with Gasteiger partial charge >= 0.3 is 5.97 Å². The van der Waals surface area contributed by atoms with Crippen LogP contribution in [0.25, 0.3) is 5.69 Å². The standard InChI is InChI=1S/C11H9N3O3/c15-7-10-6-12-13-14(10)9-3-1-8(2-4-9)5-11(16)17/h1-4,6-7H,5H2,(H,16,17). The molecule has 0 aliphatic rings. The topological polar surface area (TPSA) is 85.1 Å². The molecule has 86 valence electrons. The predicted octanol–water partition coefficient (Wildman–Crippen LogP) is 0.707. The lowest BCUT2D eigenvalue weighted by Crippen LogP contribution is -2.03. The van der Waals surface area contributed by atoms with Gasteiger partial charge in [-0.2, -0.15) is 0 Å². The maximum absolute atomic E-state index is 10.7. The molecule has 6 nitrogen and oxygen atoms in total. The Morgan fingerprint density at radius 3 is 2.65 bits per heavy atom. The van der Waals surface area contributed by atoms with E-state index in [-0.39, 0.29) is 6.42 Å². The lowest BCUT2D eigenvalue weighted by molar-refractivity contribution is -0.136. The summed E-state index contributed by atoms with van der Waals surface area (Å²) in [7, 11) is 0.